The molecule has 0 aromatic carbocycles. The van der Waals surface area contributed by atoms with Crippen molar-refractivity contribution in [2.75, 3.05) is 50.7 Å². The van der Waals surface area contributed by atoms with Gasteiger partial charge in [-0.1, -0.05) is 11.3 Å². The zero-order valence-electron chi connectivity index (χ0n) is 17.9. The lowest BCUT2D eigenvalue weighted by Gasteiger charge is -2.27. The second-order valence-corrected chi connectivity index (χ2v) is 7.77. The third-order valence-electron chi connectivity index (χ3n) is 4.71. The molecule has 1 amide bonds. The van der Waals surface area contributed by atoms with Gasteiger partial charge in [-0.05, 0) is 0 Å². The van der Waals surface area contributed by atoms with Gasteiger partial charge in [-0.2, -0.15) is 13.2 Å². The van der Waals surface area contributed by atoms with Crippen molar-refractivity contribution in [3.8, 4) is 22.3 Å². The monoisotopic (exact) mass is 497 g/mol. The van der Waals surface area contributed by atoms with Crippen LogP contribution in [0, 0.1) is 0 Å². The number of hydrogen-bond acceptors (Lipinski definition) is 11. The Bertz CT molecular complexity index is 1150. The maximum absolute atomic E-state index is 13.7. The third kappa shape index (κ3) is 4.84. The van der Waals surface area contributed by atoms with Gasteiger partial charge in [0.1, 0.15) is 17.8 Å². The number of carbonyl (C=O) groups excluding carboxylic acids is 1. The van der Waals surface area contributed by atoms with E-state index in [0.29, 0.717) is 43.5 Å². The Hall–Kier alpha value is -3.59. The van der Waals surface area contributed by atoms with Crippen molar-refractivity contribution in [3.63, 3.8) is 0 Å². The molecule has 180 valence electrons. The Labute approximate surface area is 195 Å². The molecule has 15 heteroatoms. The minimum absolute atomic E-state index is 0.0273. The number of carbonyl (C=O) groups is 1. The van der Waals surface area contributed by atoms with Crippen LogP contribution in [0.3, 0.4) is 0 Å². The number of anilines is 2. The molecule has 0 atom stereocenters. The number of nitrogens with one attached hydrogen (secondary N) is 1. The highest BCUT2D eigenvalue weighted by molar-refractivity contribution is 7.19. The number of nitrogens with zero attached hydrogens (tertiary/aromatic N) is 6. The quantitative estimate of drug-likeness (QED) is 0.543. The normalized spacial score (nSPS) is 14.1. The van der Waals surface area contributed by atoms with Gasteiger partial charge < -0.3 is 19.1 Å². The van der Waals surface area contributed by atoms with Crippen LogP contribution in [-0.4, -0.2) is 71.3 Å². The summed E-state index contributed by atoms with van der Waals surface area (Å²) in [6.07, 6.45) is -1.02. The summed E-state index contributed by atoms with van der Waals surface area (Å²) in [7, 11) is 2.56. The van der Waals surface area contributed by atoms with Crippen molar-refractivity contribution in [1.29, 1.82) is 0 Å². The van der Waals surface area contributed by atoms with E-state index >= 15 is 0 Å². The number of ether oxygens (including phenoxy) is 3. The SMILES string of the molecule is COc1ncnc(OC)c1C(=O)Nc1nc(C(F)(F)F)c(-c2cnc(N3CCOCC3)cn2)s1. The molecule has 4 rings (SSSR count). The Kier molecular flexibility index (Phi) is 6.74. The van der Waals surface area contributed by atoms with Gasteiger partial charge in [-0.25, -0.2) is 24.9 Å². The molecule has 34 heavy (non-hydrogen) atoms. The molecule has 0 bridgehead atoms. The first-order chi connectivity index (χ1) is 16.3. The first kappa shape index (κ1) is 23.6. The minimum atomic E-state index is -4.79. The van der Waals surface area contributed by atoms with Gasteiger partial charge >= 0.3 is 6.18 Å². The summed E-state index contributed by atoms with van der Waals surface area (Å²) in [4.78, 5) is 34.1. The van der Waals surface area contributed by atoms with Crippen LogP contribution in [0.25, 0.3) is 10.6 Å². The van der Waals surface area contributed by atoms with Crippen LogP contribution in [-0.2, 0) is 10.9 Å². The summed E-state index contributed by atoms with van der Waals surface area (Å²) in [5.74, 6) is -0.539. The molecule has 1 aliphatic heterocycles. The molecule has 0 saturated carbocycles. The maximum atomic E-state index is 13.7. The molecule has 3 aromatic heterocycles. The summed E-state index contributed by atoms with van der Waals surface area (Å²) in [6.45, 7) is 2.27. The van der Waals surface area contributed by atoms with Gasteiger partial charge in [-0.15, -0.1) is 0 Å². The van der Waals surface area contributed by atoms with Crippen LogP contribution < -0.4 is 19.7 Å². The summed E-state index contributed by atoms with van der Waals surface area (Å²) in [5.41, 5.74) is -1.41. The molecule has 3 aromatic rings. The van der Waals surface area contributed by atoms with Crippen molar-refractivity contribution in [1.82, 2.24) is 24.9 Å². The Morgan fingerprint density at radius 2 is 1.76 bits per heavy atom. The average Bonchev–Trinajstić information content (AvgIpc) is 3.28. The largest absolute Gasteiger partial charge is 0.480 e. The van der Waals surface area contributed by atoms with Crippen LogP contribution in [0.15, 0.2) is 18.7 Å². The van der Waals surface area contributed by atoms with Crippen molar-refractivity contribution < 1.29 is 32.2 Å². The number of halogens is 3. The molecule has 0 radical (unpaired) electrons. The van der Waals surface area contributed by atoms with Crippen LogP contribution in [0.1, 0.15) is 16.1 Å². The topological polar surface area (TPSA) is 124 Å². The summed E-state index contributed by atoms with van der Waals surface area (Å²) < 4.78 is 56.5. The molecule has 1 fully saturated rings. The number of methoxy groups -OCH3 is 2. The van der Waals surface area contributed by atoms with Gasteiger partial charge in [0.05, 0.1) is 44.7 Å². The fraction of sp³-hybridized carbons (Fsp3) is 0.368. The van der Waals surface area contributed by atoms with Crippen molar-refractivity contribution in [3.05, 3.63) is 30.0 Å². The molecule has 1 saturated heterocycles. The Morgan fingerprint density at radius 1 is 1.09 bits per heavy atom. The molecule has 1 N–H and O–H groups in total. The zero-order valence-corrected chi connectivity index (χ0v) is 18.7. The lowest BCUT2D eigenvalue weighted by molar-refractivity contribution is -0.140. The van der Waals surface area contributed by atoms with Gasteiger partial charge in [0.15, 0.2) is 16.4 Å². The van der Waals surface area contributed by atoms with E-state index in [0.717, 1.165) is 6.33 Å². The number of thiazole rings is 1. The molecule has 4 heterocycles. The van der Waals surface area contributed by atoms with Crippen LogP contribution in [0.4, 0.5) is 24.1 Å². The summed E-state index contributed by atoms with van der Waals surface area (Å²) in [5, 5.41) is 2.03. The fourth-order valence-corrected chi connectivity index (χ4v) is 4.09. The van der Waals surface area contributed by atoms with Gasteiger partial charge in [0.25, 0.3) is 5.91 Å². The van der Waals surface area contributed by atoms with E-state index in [1.807, 2.05) is 4.90 Å². The smallest absolute Gasteiger partial charge is 0.434 e. The highest BCUT2D eigenvalue weighted by atomic mass is 32.1. The molecule has 0 unspecified atom stereocenters. The van der Waals surface area contributed by atoms with Crippen molar-refractivity contribution in [2.45, 2.75) is 6.18 Å². The van der Waals surface area contributed by atoms with Crippen LogP contribution in [0.2, 0.25) is 0 Å². The van der Waals surface area contributed by atoms with Gasteiger partial charge in [0.2, 0.25) is 11.8 Å². The average molecular weight is 497 g/mol. The molecule has 1 aliphatic rings. The standard InChI is InChI=1S/C19H18F3N7O4S/c1-31-16-12(17(32-2)26-9-25-16)15(30)28-18-27-14(19(20,21)22)13(34-18)10-7-24-11(8-23-10)29-3-5-33-6-4-29/h7-9H,3-6H2,1-2H3,(H,27,28,30). The van der Waals surface area contributed by atoms with E-state index in [1.165, 1.54) is 26.6 Å². The molecular formula is C19H18F3N7O4S. The fourth-order valence-electron chi connectivity index (χ4n) is 3.15. The predicted octanol–water partition coefficient (Wildman–Crippen LogP) is 2.52. The lowest BCUT2D eigenvalue weighted by Crippen LogP contribution is -2.36. The number of alkyl halides is 3. The summed E-state index contributed by atoms with van der Waals surface area (Å²) >= 11 is 0.609. The summed E-state index contributed by atoms with van der Waals surface area (Å²) in [6, 6.07) is 0. The lowest BCUT2D eigenvalue weighted by atomic mass is 10.3. The Balaban J connectivity index is 1.64. The van der Waals surface area contributed by atoms with Gasteiger partial charge in [-0.3, -0.25) is 10.1 Å². The Morgan fingerprint density at radius 3 is 2.32 bits per heavy atom. The zero-order chi connectivity index (χ0) is 24.3. The molecule has 0 aliphatic carbocycles. The number of hydrogen-bond donors (Lipinski definition) is 1. The van der Waals surface area contributed by atoms with E-state index in [9.17, 15) is 18.0 Å². The third-order valence-corrected chi connectivity index (χ3v) is 5.71. The van der Waals surface area contributed by atoms with E-state index in [1.54, 1.807) is 0 Å². The predicted molar refractivity (Wildman–Crippen MR) is 114 cm³/mol. The number of morpholine rings is 1. The second-order valence-electron chi connectivity index (χ2n) is 6.78. The second kappa shape index (κ2) is 9.72. The van der Waals surface area contributed by atoms with E-state index in [-0.39, 0.29) is 33.0 Å². The minimum Gasteiger partial charge on any atom is -0.480 e. The number of aromatic nitrogens is 5. The number of rotatable bonds is 6. The molecular weight excluding hydrogens is 479 g/mol. The maximum Gasteiger partial charge on any atom is 0.434 e. The van der Waals surface area contributed by atoms with Crippen molar-refractivity contribution in [2.24, 2.45) is 0 Å². The van der Waals surface area contributed by atoms with Crippen molar-refractivity contribution >= 4 is 28.2 Å². The number of amides is 1. The molecule has 0 spiro atoms. The first-order valence-corrected chi connectivity index (χ1v) is 10.6. The van der Waals surface area contributed by atoms with Crippen LogP contribution >= 0.6 is 11.3 Å². The van der Waals surface area contributed by atoms with Crippen LogP contribution in [0.5, 0.6) is 11.8 Å². The highest BCUT2D eigenvalue weighted by Gasteiger charge is 2.39. The van der Waals surface area contributed by atoms with E-state index in [4.69, 9.17) is 14.2 Å². The highest BCUT2D eigenvalue weighted by Crippen LogP contribution is 2.41. The van der Waals surface area contributed by atoms with E-state index in [2.05, 4.69) is 30.2 Å². The van der Waals surface area contributed by atoms with E-state index < -0.39 is 17.8 Å². The van der Waals surface area contributed by atoms with Gasteiger partial charge in [0, 0.05) is 13.1 Å². The first-order valence-electron chi connectivity index (χ1n) is 9.79. The molecule has 11 nitrogen and oxygen atoms in total.